The van der Waals surface area contributed by atoms with Crippen LogP contribution in [-0.2, 0) is 4.74 Å². The molecule has 1 aromatic rings. The van der Waals surface area contributed by atoms with Gasteiger partial charge in [0.15, 0.2) is 0 Å². The Morgan fingerprint density at radius 1 is 1.50 bits per heavy atom. The molecule has 2 heterocycles. The Morgan fingerprint density at radius 2 is 2.31 bits per heavy atom. The third kappa shape index (κ3) is 2.31. The molecule has 0 bridgehead atoms. The molecule has 1 aliphatic heterocycles. The van der Waals surface area contributed by atoms with E-state index in [0.717, 1.165) is 13.0 Å². The summed E-state index contributed by atoms with van der Waals surface area (Å²) in [6, 6.07) is 2.59. The number of rotatable bonds is 3. The Labute approximate surface area is 102 Å². The third-order valence-corrected chi connectivity index (χ3v) is 4.36. The van der Waals surface area contributed by atoms with Crippen molar-refractivity contribution in [3.8, 4) is 0 Å². The second-order valence-corrected chi connectivity index (χ2v) is 5.95. The monoisotopic (exact) mass is 239 g/mol. The van der Waals surface area contributed by atoms with E-state index in [1.165, 1.54) is 23.3 Å². The van der Waals surface area contributed by atoms with Gasteiger partial charge in [-0.25, -0.2) is 0 Å². The molecule has 2 nitrogen and oxygen atoms in total. The first-order valence-corrected chi connectivity index (χ1v) is 6.90. The quantitative estimate of drug-likeness (QED) is 0.874. The first kappa shape index (κ1) is 12.1. The van der Waals surface area contributed by atoms with Crippen molar-refractivity contribution in [2.45, 2.75) is 44.8 Å². The van der Waals surface area contributed by atoms with E-state index in [4.69, 9.17) is 4.74 Å². The molecule has 1 aliphatic rings. The number of aryl methyl sites for hydroxylation is 1. The van der Waals surface area contributed by atoms with Crippen LogP contribution >= 0.6 is 11.3 Å². The van der Waals surface area contributed by atoms with E-state index in [1.54, 1.807) is 0 Å². The zero-order valence-corrected chi connectivity index (χ0v) is 11.2. The summed E-state index contributed by atoms with van der Waals surface area (Å²) in [5, 5.41) is 5.67. The first-order chi connectivity index (χ1) is 7.65. The minimum atomic E-state index is -0.0412. The molecule has 0 aliphatic carbocycles. The predicted molar refractivity (Wildman–Crippen MR) is 69.1 cm³/mol. The van der Waals surface area contributed by atoms with Gasteiger partial charge in [0.1, 0.15) is 0 Å². The van der Waals surface area contributed by atoms with E-state index in [1.807, 2.05) is 18.4 Å². The highest BCUT2D eigenvalue weighted by atomic mass is 32.1. The van der Waals surface area contributed by atoms with Gasteiger partial charge in [-0.05, 0) is 57.2 Å². The van der Waals surface area contributed by atoms with Gasteiger partial charge in [-0.1, -0.05) is 0 Å². The van der Waals surface area contributed by atoms with Gasteiger partial charge >= 0.3 is 0 Å². The van der Waals surface area contributed by atoms with Crippen molar-refractivity contribution in [1.29, 1.82) is 0 Å². The van der Waals surface area contributed by atoms with Crippen LogP contribution in [-0.4, -0.2) is 19.3 Å². The van der Waals surface area contributed by atoms with Gasteiger partial charge in [0, 0.05) is 11.5 Å². The van der Waals surface area contributed by atoms with Gasteiger partial charge in [-0.2, -0.15) is 0 Å². The number of hydrogen-bond acceptors (Lipinski definition) is 3. The summed E-state index contributed by atoms with van der Waals surface area (Å²) in [6.45, 7) is 5.29. The lowest BCUT2D eigenvalue weighted by Crippen LogP contribution is -2.44. The zero-order valence-electron chi connectivity index (χ0n) is 10.4. The number of thiophene rings is 1. The van der Waals surface area contributed by atoms with E-state index in [2.05, 4.69) is 30.6 Å². The van der Waals surface area contributed by atoms with Crippen LogP contribution in [0.5, 0.6) is 0 Å². The average molecular weight is 239 g/mol. The standard InChI is InChI=1S/C13H21NOS/c1-10-8-11(9-16-10)12(14-3)13(2)6-4-5-7-15-13/h8-9,12,14H,4-7H2,1-3H3. The van der Waals surface area contributed by atoms with Gasteiger partial charge in [0.25, 0.3) is 0 Å². The van der Waals surface area contributed by atoms with Gasteiger partial charge in [-0.15, -0.1) is 11.3 Å². The largest absolute Gasteiger partial charge is 0.373 e. The molecule has 0 radical (unpaired) electrons. The minimum Gasteiger partial charge on any atom is -0.373 e. The maximum Gasteiger partial charge on any atom is 0.0848 e. The Morgan fingerprint density at radius 3 is 2.81 bits per heavy atom. The Balaban J connectivity index is 2.20. The van der Waals surface area contributed by atoms with Crippen LogP contribution in [0.2, 0.25) is 0 Å². The van der Waals surface area contributed by atoms with Crippen molar-refractivity contribution in [1.82, 2.24) is 5.32 Å². The van der Waals surface area contributed by atoms with Gasteiger partial charge in [-0.3, -0.25) is 0 Å². The van der Waals surface area contributed by atoms with Crippen molar-refractivity contribution < 1.29 is 4.74 Å². The van der Waals surface area contributed by atoms with Crippen molar-refractivity contribution in [2.75, 3.05) is 13.7 Å². The van der Waals surface area contributed by atoms with E-state index in [-0.39, 0.29) is 5.60 Å². The Bertz CT molecular complexity index is 341. The molecule has 1 aromatic heterocycles. The molecule has 1 saturated heterocycles. The molecule has 2 atom stereocenters. The fourth-order valence-electron chi connectivity index (χ4n) is 2.62. The second kappa shape index (κ2) is 4.86. The topological polar surface area (TPSA) is 21.3 Å². The van der Waals surface area contributed by atoms with Crippen molar-refractivity contribution in [3.63, 3.8) is 0 Å². The summed E-state index contributed by atoms with van der Waals surface area (Å²) in [6.07, 6.45) is 3.62. The van der Waals surface area contributed by atoms with Crippen LogP contribution in [0.4, 0.5) is 0 Å². The van der Waals surface area contributed by atoms with E-state index >= 15 is 0 Å². The molecule has 2 rings (SSSR count). The Hall–Kier alpha value is -0.380. The lowest BCUT2D eigenvalue weighted by molar-refractivity contribution is -0.0883. The number of hydrogen-bond donors (Lipinski definition) is 1. The molecule has 0 saturated carbocycles. The molecule has 1 fully saturated rings. The predicted octanol–water partition coefficient (Wildman–Crippen LogP) is 3.28. The fraction of sp³-hybridized carbons (Fsp3) is 0.692. The third-order valence-electron chi connectivity index (χ3n) is 3.48. The van der Waals surface area contributed by atoms with Crippen molar-refractivity contribution in [3.05, 3.63) is 21.9 Å². The highest BCUT2D eigenvalue weighted by Gasteiger charge is 2.37. The molecule has 90 valence electrons. The highest BCUT2D eigenvalue weighted by molar-refractivity contribution is 7.10. The van der Waals surface area contributed by atoms with E-state index < -0.39 is 0 Å². The van der Waals surface area contributed by atoms with Gasteiger partial charge < -0.3 is 10.1 Å². The van der Waals surface area contributed by atoms with Crippen LogP contribution in [0.25, 0.3) is 0 Å². The molecule has 3 heteroatoms. The number of ether oxygens (including phenoxy) is 1. The SMILES string of the molecule is CNC(c1csc(C)c1)C1(C)CCCCO1. The zero-order chi connectivity index (χ0) is 11.6. The summed E-state index contributed by atoms with van der Waals surface area (Å²) in [4.78, 5) is 1.37. The van der Waals surface area contributed by atoms with E-state index in [0.29, 0.717) is 6.04 Å². The molecule has 16 heavy (non-hydrogen) atoms. The number of nitrogens with one attached hydrogen (secondary N) is 1. The van der Waals surface area contributed by atoms with Gasteiger partial charge in [0.05, 0.1) is 11.6 Å². The normalized spacial score (nSPS) is 27.9. The number of likely N-dealkylation sites (N-methyl/N-ethyl adjacent to an activating group) is 1. The lowest BCUT2D eigenvalue weighted by atomic mass is 9.85. The second-order valence-electron chi connectivity index (χ2n) is 4.83. The summed E-state index contributed by atoms with van der Waals surface area (Å²) in [5.41, 5.74) is 1.33. The maximum atomic E-state index is 6.02. The average Bonchev–Trinajstić information content (AvgIpc) is 2.66. The lowest BCUT2D eigenvalue weighted by Gasteiger charge is -2.40. The van der Waals surface area contributed by atoms with Crippen LogP contribution in [0.15, 0.2) is 11.4 Å². The summed E-state index contributed by atoms with van der Waals surface area (Å²) in [5.74, 6) is 0. The maximum absolute atomic E-state index is 6.02. The molecule has 0 spiro atoms. The van der Waals surface area contributed by atoms with Crippen LogP contribution < -0.4 is 5.32 Å². The summed E-state index contributed by atoms with van der Waals surface area (Å²) < 4.78 is 6.02. The van der Waals surface area contributed by atoms with Gasteiger partial charge in [0.2, 0.25) is 0 Å². The van der Waals surface area contributed by atoms with Crippen molar-refractivity contribution in [2.24, 2.45) is 0 Å². The van der Waals surface area contributed by atoms with Crippen LogP contribution in [0, 0.1) is 6.92 Å². The minimum absolute atomic E-state index is 0.0412. The smallest absolute Gasteiger partial charge is 0.0848 e. The highest BCUT2D eigenvalue weighted by Crippen LogP contribution is 2.37. The molecule has 2 unspecified atom stereocenters. The molecule has 0 amide bonds. The molecule has 1 N–H and O–H groups in total. The summed E-state index contributed by atoms with van der Waals surface area (Å²) in [7, 11) is 2.03. The molecular weight excluding hydrogens is 218 g/mol. The first-order valence-electron chi connectivity index (χ1n) is 6.02. The summed E-state index contributed by atoms with van der Waals surface area (Å²) >= 11 is 1.82. The van der Waals surface area contributed by atoms with Crippen molar-refractivity contribution >= 4 is 11.3 Å². The van der Waals surface area contributed by atoms with Crippen LogP contribution in [0.1, 0.15) is 42.7 Å². The molecular formula is C13H21NOS. The van der Waals surface area contributed by atoms with E-state index in [9.17, 15) is 0 Å². The molecule has 0 aromatic carbocycles. The fourth-order valence-corrected chi connectivity index (χ4v) is 3.35. The Kier molecular flexibility index (Phi) is 3.67. The van der Waals surface area contributed by atoms with Crippen LogP contribution in [0.3, 0.4) is 0 Å².